The summed E-state index contributed by atoms with van der Waals surface area (Å²) >= 11 is 2.89. The largest absolute Gasteiger partial charge is 0.360 e. The SMILES string of the molecule is CC(C)c1ccc(Nc2nnc(SC(C(=O)c3c[nH]c4ccccc34)c3ccccc3)s2)cc1. The number of rotatable bonds is 8. The fourth-order valence-electron chi connectivity index (χ4n) is 3.80. The van der Waals surface area contributed by atoms with Crippen LogP contribution in [0.2, 0.25) is 0 Å². The molecule has 170 valence electrons. The molecule has 7 heteroatoms. The zero-order valence-electron chi connectivity index (χ0n) is 18.9. The number of hydrogen-bond donors (Lipinski definition) is 2. The number of fused-ring (bicyclic) bond motifs is 1. The van der Waals surface area contributed by atoms with E-state index < -0.39 is 5.25 Å². The number of hydrogen-bond acceptors (Lipinski definition) is 6. The zero-order valence-corrected chi connectivity index (χ0v) is 20.5. The Morgan fingerprint density at radius 2 is 1.65 bits per heavy atom. The van der Waals surface area contributed by atoms with Crippen molar-refractivity contribution in [2.24, 2.45) is 0 Å². The first-order valence-corrected chi connectivity index (χ1v) is 12.8. The fraction of sp³-hybridized carbons (Fsp3) is 0.148. The molecule has 2 heterocycles. The van der Waals surface area contributed by atoms with Crippen molar-refractivity contribution in [1.29, 1.82) is 0 Å². The molecule has 5 rings (SSSR count). The molecule has 1 unspecified atom stereocenters. The standard InChI is InChI=1S/C27H24N4OS2/c1-17(2)18-12-14-20(15-13-18)29-26-30-31-27(34-26)33-25(19-8-4-3-5-9-19)24(32)22-16-28-23-11-7-6-10-21(22)23/h3-17,25,28H,1-2H3,(H,29,30). The summed E-state index contributed by atoms with van der Waals surface area (Å²) in [5.41, 5.74) is 4.84. The zero-order chi connectivity index (χ0) is 23.5. The van der Waals surface area contributed by atoms with Gasteiger partial charge in [-0.2, -0.15) is 0 Å². The number of carbonyl (C=O) groups is 1. The first-order chi connectivity index (χ1) is 16.6. The number of para-hydroxylation sites is 1. The lowest BCUT2D eigenvalue weighted by Gasteiger charge is -2.14. The summed E-state index contributed by atoms with van der Waals surface area (Å²) in [7, 11) is 0. The molecule has 0 fully saturated rings. The van der Waals surface area contributed by atoms with Gasteiger partial charge in [-0.1, -0.05) is 97.6 Å². The predicted octanol–water partition coefficient (Wildman–Crippen LogP) is 7.60. The van der Waals surface area contributed by atoms with Gasteiger partial charge in [0.15, 0.2) is 10.1 Å². The molecule has 0 aliphatic rings. The Balaban J connectivity index is 1.39. The van der Waals surface area contributed by atoms with Gasteiger partial charge in [-0.25, -0.2) is 0 Å². The van der Waals surface area contributed by atoms with E-state index in [0.29, 0.717) is 16.6 Å². The van der Waals surface area contributed by atoms with Crippen molar-refractivity contribution >= 4 is 50.6 Å². The van der Waals surface area contributed by atoms with Gasteiger partial charge in [-0.15, -0.1) is 10.2 Å². The first-order valence-electron chi connectivity index (χ1n) is 11.1. The maximum atomic E-state index is 13.7. The summed E-state index contributed by atoms with van der Waals surface area (Å²) in [6, 6.07) is 26.1. The lowest BCUT2D eigenvalue weighted by molar-refractivity contribution is 0.0991. The van der Waals surface area contributed by atoms with E-state index in [1.165, 1.54) is 28.7 Å². The van der Waals surface area contributed by atoms with E-state index in [1.54, 1.807) is 6.20 Å². The maximum absolute atomic E-state index is 13.7. The highest BCUT2D eigenvalue weighted by molar-refractivity contribution is 8.02. The summed E-state index contributed by atoms with van der Waals surface area (Å²) in [5.74, 6) is 0.533. The number of H-pyrrole nitrogens is 1. The summed E-state index contributed by atoms with van der Waals surface area (Å²) in [6.07, 6.45) is 1.80. The second-order valence-electron chi connectivity index (χ2n) is 8.30. The molecule has 3 aromatic carbocycles. The maximum Gasteiger partial charge on any atom is 0.210 e. The molecule has 1 atom stereocenters. The minimum Gasteiger partial charge on any atom is -0.360 e. The molecule has 0 aliphatic heterocycles. The molecule has 0 aliphatic carbocycles. The summed E-state index contributed by atoms with van der Waals surface area (Å²) < 4.78 is 0.739. The van der Waals surface area contributed by atoms with Gasteiger partial charge in [-0.05, 0) is 35.2 Å². The van der Waals surface area contributed by atoms with Crippen LogP contribution in [0.4, 0.5) is 10.8 Å². The summed E-state index contributed by atoms with van der Waals surface area (Å²) in [5, 5.41) is 13.2. The highest BCUT2D eigenvalue weighted by Crippen LogP contribution is 2.41. The van der Waals surface area contributed by atoms with E-state index >= 15 is 0 Å². The molecular weight excluding hydrogens is 460 g/mol. The van der Waals surface area contributed by atoms with Crippen LogP contribution in [-0.4, -0.2) is 21.0 Å². The molecule has 2 N–H and O–H groups in total. The van der Waals surface area contributed by atoms with Gasteiger partial charge < -0.3 is 10.3 Å². The second kappa shape index (κ2) is 9.83. The number of anilines is 2. The van der Waals surface area contributed by atoms with Gasteiger partial charge >= 0.3 is 0 Å². The first kappa shape index (κ1) is 22.4. The Kier molecular flexibility index (Phi) is 6.47. The van der Waals surface area contributed by atoms with Crippen molar-refractivity contribution in [3.8, 4) is 0 Å². The van der Waals surface area contributed by atoms with Crippen LogP contribution in [0, 0.1) is 0 Å². The molecule has 2 aromatic heterocycles. The van der Waals surface area contributed by atoms with E-state index in [2.05, 4.69) is 58.6 Å². The topological polar surface area (TPSA) is 70.7 Å². The number of nitrogens with zero attached hydrogens (tertiary/aromatic N) is 2. The lowest BCUT2D eigenvalue weighted by Crippen LogP contribution is -2.09. The number of ketones is 1. The quantitative estimate of drug-likeness (QED) is 0.175. The molecule has 0 saturated carbocycles. The van der Waals surface area contributed by atoms with Gasteiger partial charge in [0.25, 0.3) is 0 Å². The van der Waals surface area contributed by atoms with Crippen molar-refractivity contribution in [3.05, 3.63) is 102 Å². The smallest absolute Gasteiger partial charge is 0.210 e. The van der Waals surface area contributed by atoms with Crippen LogP contribution < -0.4 is 5.32 Å². The highest BCUT2D eigenvalue weighted by Gasteiger charge is 2.27. The molecule has 0 bridgehead atoms. The number of aromatic amines is 1. The monoisotopic (exact) mass is 484 g/mol. The molecule has 0 amide bonds. The fourth-order valence-corrected chi connectivity index (χ4v) is 5.83. The van der Waals surface area contributed by atoms with Crippen molar-refractivity contribution in [1.82, 2.24) is 15.2 Å². The van der Waals surface area contributed by atoms with E-state index in [-0.39, 0.29) is 5.78 Å². The Hall–Kier alpha value is -3.42. The number of Topliss-reactive ketones (excluding diaryl/α,β-unsaturated/α-hetero) is 1. The number of nitrogens with one attached hydrogen (secondary N) is 2. The lowest BCUT2D eigenvalue weighted by atomic mass is 10.0. The van der Waals surface area contributed by atoms with E-state index in [0.717, 1.165) is 26.5 Å². The number of carbonyl (C=O) groups excluding carboxylic acids is 1. The average Bonchev–Trinajstić information content (AvgIpc) is 3.50. The van der Waals surface area contributed by atoms with Gasteiger partial charge in [0, 0.05) is 28.4 Å². The van der Waals surface area contributed by atoms with E-state index in [1.807, 2.05) is 54.6 Å². The van der Waals surface area contributed by atoms with Crippen LogP contribution in [0.25, 0.3) is 10.9 Å². The van der Waals surface area contributed by atoms with Crippen molar-refractivity contribution in [3.63, 3.8) is 0 Å². The number of benzene rings is 3. The van der Waals surface area contributed by atoms with Crippen LogP contribution in [0.1, 0.15) is 46.5 Å². The molecule has 0 radical (unpaired) electrons. The number of thioether (sulfide) groups is 1. The van der Waals surface area contributed by atoms with Gasteiger partial charge in [-0.3, -0.25) is 4.79 Å². The normalized spacial score (nSPS) is 12.2. The van der Waals surface area contributed by atoms with Crippen LogP contribution >= 0.6 is 23.1 Å². The van der Waals surface area contributed by atoms with Crippen molar-refractivity contribution in [2.45, 2.75) is 29.4 Å². The highest BCUT2D eigenvalue weighted by atomic mass is 32.2. The molecule has 0 spiro atoms. The third kappa shape index (κ3) is 4.76. The molecule has 34 heavy (non-hydrogen) atoms. The Morgan fingerprint density at radius 1 is 0.912 bits per heavy atom. The van der Waals surface area contributed by atoms with Gasteiger partial charge in [0.1, 0.15) is 5.25 Å². The molecular formula is C27H24N4OS2. The van der Waals surface area contributed by atoms with Crippen LogP contribution in [0.15, 0.2) is 89.4 Å². The van der Waals surface area contributed by atoms with Crippen molar-refractivity contribution < 1.29 is 4.79 Å². The molecule has 0 saturated heterocycles. The van der Waals surface area contributed by atoms with E-state index in [9.17, 15) is 4.79 Å². The average molecular weight is 485 g/mol. The second-order valence-corrected chi connectivity index (χ2v) is 10.6. The third-order valence-corrected chi connectivity index (χ3v) is 7.83. The summed E-state index contributed by atoms with van der Waals surface area (Å²) in [6.45, 7) is 4.36. The van der Waals surface area contributed by atoms with Gasteiger partial charge in [0.2, 0.25) is 5.13 Å². The Labute approximate surface area is 206 Å². The third-order valence-electron chi connectivity index (χ3n) is 5.65. The minimum absolute atomic E-state index is 0.0441. The number of aromatic nitrogens is 3. The van der Waals surface area contributed by atoms with Gasteiger partial charge in [0.05, 0.1) is 0 Å². The minimum atomic E-state index is -0.425. The Morgan fingerprint density at radius 3 is 2.41 bits per heavy atom. The van der Waals surface area contributed by atoms with Crippen LogP contribution in [0.5, 0.6) is 0 Å². The predicted molar refractivity (Wildman–Crippen MR) is 141 cm³/mol. The Bertz CT molecular complexity index is 1410. The summed E-state index contributed by atoms with van der Waals surface area (Å²) in [4.78, 5) is 16.9. The van der Waals surface area contributed by atoms with Crippen LogP contribution in [0.3, 0.4) is 0 Å². The van der Waals surface area contributed by atoms with Crippen molar-refractivity contribution in [2.75, 3.05) is 5.32 Å². The molecule has 5 aromatic rings. The van der Waals surface area contributed by atoms with Crippen LogP contribution in [-0.2, 0) is 0 Å². The molecule has 5 nitrogen and oxygen atoms in total. The van der Waals surface area contributed by atoms with E-state index in [4.69, 9.17) is 0 Å².